The van der Waals surface area contributed by atoms with Gasteiger partial charge in [-0.05, 0) is 18.2 Å². The largest absolute Gasteiger partial charge is 0.416 e. The van der Waals surface area contributed by atoms with Crippen LogP contribution >= 0.6 is 11.6 Å². The molecule has 0 aliphatic heterocycles. The molecule has 0 fully saturated rings. The minimum absolute atomic E-state index is 0.0965. The van der Waals surface area contributed by atoms with Gasteiger partial charge in [-0.2, -0.15) is 18.3 Å². The van der Waals surface area contributed by atoms with Crippen LogP contribution in [-0.4, -0.2) is 11.0 Å². The van der Waals surface area contributed by atoms with Crippen LogP contribution in [0.2, 0.25) is 0 Å². The summed E-state index contributed by atoms with van der Waals surface area (Å²) in [4.78, 5) is 10.7. The van der Waals surface area contributed by atoms with Crippen LogP contribution in [-0.2, 0) is 11.0 Å². The Kier molecular flexibility index (Phi) is 4.11. The van der Waals surface area contributed by atoms with Gasteiger partial charge in [-0.15, -0.1) is 0 Å². The molecule has 1 rings (SSSR count). The summed E-state index contributed by atoms with van der Waals surface area (Å²) >= 11 is 5.41. The summed E-state index contributed by atoms with van der Waals surface area (Å²) in [7, 11) is 0. The van der Waals surface area contributed by atoms with Crippen LogP contribution in [0.25, 0.3) is 0 Å². The quantitative estimate of drug-likeness (QED) is 0.672. The van der Waals surface area contributed by atoms with Crippen LogP contribution in [0.3, 0.4) is 0 Å². The number of halogens is 4. The molecule has 0 saturated heterocycles. The van der Waals surface area contributed by atoms with Gasteiger partial charge in [0.05, 0.1) is 11.3 Å². The second-order valence-electron chi connectivity index (χ2n) is 3.15. The number of hydrazone groups is 1. The number of benzene rings is 1. The van der Waals surface area contributed by atoms with Gasteiger partial charge in [0.2, 0.25) is 0 Å². The molecule has 1 N–H and O–H groups in total. The highest BCUT2D eigenvalue weighted by molar-refractivity contribution is 6.82. The van der Waals surface area contributed by atoms with E-state index in [0.29, 0.717) is 0 Å². The van der Waals surface area contributed by atoms with Crippen molar-refractivity contribution in [2.75, 3.05) is 5.43 Å². The van der Waals surface area contributed by atoms with Crippen LogP contribution < -0.4 is 5.43 Å². The number of anilines is 1. The summed E-state index contributed by atoms with van der Waals surface area (Å²) < 4.78 is 37.1. The SMILES string of the molecule is CC(=O)C(Cl)=NNc1cccc(C(F)(F)F)c1. The van der Waals surface area contributed by atoms with Gasteiger partial charge < -0.3 is 0 Å². The summed E-state index contributed by atoms with van der Waals surface area (Å²) in [5.74, 6) is -0.480. The Morgan fingerprint density at radius 2 is 2.06 bits per heavy atom. The molecule has 1 aromatic carbocycles. The molecule has 92 valence electrons. The Morgan fingerprint density at radius 1 is 1.41 bits per heavy atom. The molecule has 0 atom stereocenters. The van der Waals surface area contributed by atoms with Crippen molar-refractivity contribution in [2.45, 2.75) is 13.1 Å². The average Bonchev–Trinajstić information content (AvgIpc) is 2.25. The second kappa shape index (κ2) is 5.18. The second-order valence-corrected chi connectivity index (χ2v) is 3.51. The smallest absolute Gasteiger partial charge is 0.292 e. The number of hydrogen-bond acceptors (Lipinski definition) is 3. The molecule has 0 saturated carbocycles. The third-order valence-corrected chi connectivity index (χ3v) is 2.11. The van der Waals surface area contributed by atoms with Crippen LogP contribution in [0.15, 0.2) is 29.4 Å². The summed E-state index contributed by atoms with van der Waals surface area (Å²) in [6.07, 6.45) is -4.42. The van der Waals surface area contributed by atoms with Gasteiger partial charge in [0.25, 0.3) is 0 Å². The predicted molar refractivity (Wildman–Crippen MR) is 59.0 cm³/mol. The van der Waals surface area contributed by atoms with Crippen molar-refractivity contribution >= 4 is 28.2 Å². The van der Waals surface area contributed by atoms with E-state index in [-0.39, 0.29) is 10.9 Å². The zero-order valence-electron chi connectivity index (χ0n) is 8.68. The summed E-state index contributed by atoms with van der Waals surface area (Å²) in [6.45, 7) is 1.19. The van der Waals surface area contributed by atoms with Gasteiger partial charge in [0, 0.05) is 6.92 Å². The highest BCUT2D eigenvalue weighted by Gasteiger charge is 2.30. The van der Waals surface area contributed by atoms with Crippen molar-refractivity contribution in [3.8, 4) is 0 Å². The van der Waals surface area contributed by atoms with Crippen LogP contribution in [0.5, 0.6) is 0 Å². The summed E-state index contributed by atoms with van der Waals surface area (Å²) in [5.41, 5.74) is 1.56. The van der Waals surface area contributed by atoms with E-state index in [1.807, 2.05) is 0 Å². The Bertz CT molecular complexity index is 457. The summed E-state index contributed by atoms with van der Waals surface area (Å²) in [5, 5.41) is 3.10. The number of hydrogen-bond donors (Lipinski definition) is 1. The van der Waals surface area contributed by atoms with Gasteiger partial charge in [-0.25, -0.2) is 0 Å². The molecule has 1 aromatic rings. The molecule has 0 aromatic heterocycles. The molecular weight excluding hydrogens is 257 g/mol. The Labute approximate surface area is 100 Å². The molecule has 0 unspecified atom stereocenters. The van der Waals surface area contributed by atoms with Gasteiger partial charge in [0.1, 0.15) is 0 Å². The van der Waals surface area contributed by atoms with Crippen molar-refractivity contribution in [2.24, 2.45) is 5.10 Å². The number of Topliss-reactive ketones (excluding diaryl/α,β-unsaturated/α-hetero) is 1. The first-order valence-electron chi connectivity index (χ1n) is 4.48. The van der Waals surface area contributed by atoms with Gasteiger partial charge >= 0.3 is 6.18 Å². The van der Waals surface area contributed by atoms with Crippen molar-refractivity contribution in [1.29, 1.82) is 0 Å². The first-order valence-corrected chi connectivity index (χ1v) is 4.86. The molecule has 0 aliphatic carbocycles. The lowest BCUT2D eigenvalue weighted by molar-refractivity contribution is -0.137. The molecule has 0 bridgehead atoms. The Hall–Kier alpha value is -1.56. The average molecular weight is 265 g/mol. The van der Waals surface area contributed by atoms with Gasteiger partial charge in [-0.3, -0.25) is 10.2 Å². The van der Waals surface area contributed by atoms with Crippen LogP contribution in [0.4, 0.5) is 18.9 Å². The van der Waals surface area contributed by atoms with E-state index in [2.05, 4.69) is 10.5 Å². The Balaban J connectivity index is 2.87. The Morgan fingerprint density at radius 3 is 2.59 bits per heavy atom. The van der Waals surface area contributed by atoms with Gasteiger partial charge in [0.15, 0.2) is 11.0 Å². The molecule has 0 spiro atoms. The minimum atomic E-state index is -4.42. The fourth-order valence-electron chi connectivity index (χ4n) is 0.957. The monoisotopic (exact) mass is 264 g/mol. The van der Waals surface area contributed by atoms with E-state index in [1.54, 1.807) is 0 Å². The number of nitrogens with one attached hydrogen (secondary N) is 1. The standard InChI is InChI=1S/C10H8ClF3N2O/c1-6(17)9(11)16-15-8-4-2-3-7(5-8)10(12,13)14/h2-5,15H,1H3. The van der Waals surface area contributed by atoms with Crippen LogP contribution in [0.1, 0.15) is 12.5 Å². The predicted octanol–water partition coefficient (Wildman–Crippen LogP) is 3.26. The first kappa shape index (κ1) is 13.5. The highest BCUT2D eigenvalue weighted by atomic mass is 35.5. The number of rotatable bonds is 3. The number of alkyl halides is 3. The maximum atomic E-state index is 12.4. The van der Waals surface area contributed by atoms with Crippen molar-refractivity contribution in [1.82, 2.24) is 0 Å². The van der Waals surface area contributed by atoms with Gasteiger partial charge in [-0.1, -0.05) is 17.7 Å². The topological polar surface area (TPSA) is 41.5 Å². The van der Waals surface area contributed by atoms with Crippen LogP contribution in [0, 0.1) is 0 Å². The number of carbonyl (C=O) groups excluding carboxylic acids is 1. The highest BCUT2D eigenvalue weighted by Crippen LogP contribution is 2.30. The third-order valence-electron chi connectivity index (χ3n) is 1.76. The maximum Gasteiger partial charge on any atom is 0.416 e. The van der Waals surface area contributed by atoms with E-state index in [0.717, 1.165) is 12.1 Å². The minimum Gasteiger partial charge on any atom is -0.292 e. The van der Waals surface area contributed by atoms with Crippen molar-refractivity contribution < 1.29 is 18.0 Å². The van der Waals surface area contributed by atoms with E-state index in [9.17, 15) is 18.0 Å². The van der Waals surface area contributed by atoms with E-state index >= 15 is 0 Å². The molecule has 0 aliphatic rings. The number of ketones is 1. The van der Waals surface area contributed by atoms with E-state index in [1.165, 1.54) is 19.1 Å². The lowest BCUT2D eigenvalue weighted by atomic mass is 10.2. The third kappa shape index (κ3) is 4.07. The molecular formula is C10H8ClF3N2O. The van der Waals surface area contributed by atoms with E-state index in [4.69, 9.17) is 11.6 Å². The lowest BCUT2D eigenvalue weighted by Gasteiger charge is -2.08. The fourth-order valence-corrected chi connectivity index (χ4v) is 1.000. The zero-order chi connectivity index (χ0) is 13.1. The van der Waals surface area contributed by atoms with Crippen molar-refractivity contribution in [3.05, 3.63) is 29.8 Å². The normalized spacial score (nSPS) is 12.4. The van der Waals surface area contributed by atoms with E-state index < -0.39 is 17.5 Å². The maximum absolute atomic E-state index is 12.4. The number of carbonyl (C=O) groups is 1. The zero-order valence-corrected chi connectivity index (χ0v) is 9.43. The molecule has 7 heteroatoms. The molecule has 17 heavy (non-hydrogen) atoms. The summed E-state index contributed by atoms with van der Waals surface area (Å²) in [6, 6.07) is 4.40. The molecule has 0 heterocycles. The number of nitrogens with zero attached hydrogens (tertiary/aromatic N) is 1. The fraction of sp³-hybridized carbons (Fsp3) is 0.200. The first-order chi connectivity index (χ1) is 7.80. The van der Waals surface area contributed by atoms with Crippen molar-refractivity contribution in [3.63, 3.8) is 0 Å². The molecule has 0 amide bonds. The molecule has 3 nitrogen and oxygen atoms in total. The molecule has 0 radical (unpaired) electrons. The lowest BCUT2D eigenvalue weighted by Crippen LogP contribution is -2.07.